The first-order chi connectivity index (χ1) is 16.5. The Morgan fingerprint density at radius 3 is 1.86 bits per heavy atom. The van der Waals surface area contributed by atoms with Crippen LogP contribution in [0.25, 0.3) is 0 Å². The summed E-state index contributed by atoms with van der Waals surface area (Å²) in [6, 6.07) is 9.81. The highest BCUT2D eigenvalue weighted by molar-refractivity contribution is 6.77. The van der Waals surface area contributed by atoms with Crippen molar-refractivity contribution in [2.45, 2.75) is 77.4 Å². The fraction of sp³-hybridized carbons (Fsp3) is 0.586. The van der Waals surface area contributed by atoms with Crippen molar-refractivity contribution in [2.24, 2.45) is 17.3 Å². The average Bonchev–Trinajstić information content (AvgIpc) is 3.17. The molecule has 2 aliphatic rings. The molecule has 2 aliphatic carbocycles. The Balaban J connectivity index is 2.27. The van der Waals surface area contributed by atoms with Crippen LogP contribution < -0.4 is 0 Å². The number of carbonyl (C=O) groups is 2. The molecule has 0 unspecified atom stereocenters. The van der Waals surface area contributed by atoms with Crippen molar-refractivity contribution in [2.75, 3.05) is 14.2 Å². The number of esters is 2. The summed E-state index contributed by atoms with van der Waals surface area (Å²) in [4.78, 5) is 26.9. The number of allylic oxidation sites excluding steroid dienone is 3. The molecule has 3 rings (SSSR count). The smallest absolute Gasteiger partial charge is 0.324 e. The summed E-state index contributed by atoms with van der Waals surface area (Å²) >= 11 is 0. The van der Waals surface area contributed by atoms with E-state index in [0.717, 1.165) is 16.9 Å². The van der Waals surface area contributed by atoms with E-state index in [0.29, 0.717) is 16.6 Å². The topological polar surface area (TPSA) is 61.8 Å². The standard InChI is InChI=1S/C29H42O5Si/c1-18(2)35(19(3)4,20(5)6)34-24-16-21(7)15-23-17-29(27(30)32-8,28(31)33-9)26(25(23)24)22-13-11-10-12-14-22/h10-16,18-21,25-26H,17H2,1-9H3/t21-,25-,26-/m1/s1. The average molecular weight is 499 g/mol. The maximum atomic E-state index is 13.5. The summed E-state index contributed by atoms with van der Waals surface area (Å²) in [6.07, 6.45) is 4.65. The summed E-state index contributed by atoms with van der Waals surface area (Å²) in [5.41, 5.74) is 1.69. The Morgan fingerprint density at radius 2 is 1.40 bits per heavy atom. The minimum Gasteiger partial charge on any atom is -0.545 e. The first-order valence-corrected chi connectivity index (χ1v) is 14.9. The number of hydrogen-bond acceptors (Lipinski definition) is 5. The lowest BCUT2D eigenvalue weighted by atomic mass is 9.70. The van der Waals surface area contributed by atoms with Crippen molar-refractivity contribution in [1.29, 1.82) is 0 Å². The van der Waals surface area contributed by atoms with Crippen LogP contribution >= 0.6 is 0 Å². The second-order valence-electron chi connectivity index (χ2n) is 11.1. The van der Waals surface area contributed by atoms with Gasteiger partial charge in [-0.1, -0.05) is 90.4 Å². The van der Waals surface area contributed by atoms with E-state index in [9.17, 15) is 9.59 Å². The summed E-state index contributed by atoms with van der Waals surface area (Å²) in [6.45, 7) is 15.7. The molecular weight excluding hydrogens is 456 g/mol. The van der Waals surface area contributed by atoms with Gasteiger partial charge in [0, 0.05) is 11.8 Å². The largest absolute Gasteiger partial charge is 0.545 e. The van der Waals surface area contributed by atoms with Gasteiger partial charge in [0.05, 0.1) is 20.0 Å². The van der Waals surface area contributed by atoms with E-state index in [1.165, 1.54) is 14.2 Å². The maximum Gasteiger partial charge on any atom is 0.324 e. The number of fused-ring (bicyclic) bond motifs is 1. The Morgan fingerprint density at radius 1 is 0.886 bits per heavy atom. The number of ether oxygens (including phenoxy) is 2. The molecule has 0 bridgehead atoms. The summed E-state index contributed by atoms with van der Waals surface area (Å²) in [5.74, 6) is -0.777. The molecule has 1 saturated carbocycles. The van der Waals surface area contributed by atoms with Gasteiger partial charge >= 0.3 is 11.9 Å². The van der Waals surface area contributed by atoms with Crippen molar-refractivity contribution >= 4 is 20.3 Å². The van der Waals surface area contributed by atoms with Gasteiger partial charge in [0.25, 0.3) is 8.32 Å². The molecule has 0 aliphatic heterocycles. The zero-order valence-corrected chi connectivity index (χ0v) is 23.8. The van der Waals surface area contributed by atoms with Crippen LogP contribution in [0.5, 0.6) is 0 Å². The SMILES string of the molecule is COC(=O)C1(C(=O)OC)CC2=C[C@@H](C)C=C(O[Si](C(C)C)(C(C)C)C(C)C)[C@@H]2[C@H]1c1ccccc1. The van der Waals surface area contributed by atoms with Gasteiger partial charge in [-0.25, -0.2) is 0 Å². The fourth-order valence-electron chi connectivity index (χ4n) is 6.94. The Kier molecular flexibility index (Phi) is 8.05. The van der Waals surface area contributed by atoms with Crippen LogP contribution in [0.2, 0.25) is 16.6 Å². The minimum absolute atomic E-state index is 0.136. The van der Waals surface area contributed by atoms with Crippen molar-refractivity contribution in [1.82, 2.24) is 0 Å². The molecule has 1 aromatic carbocycles. The highest BCUT2D eigenvalue weighted by Gasteiger charge is 2.65. The molecule has 5 nitrogen and oxygen atoms in total. The summed E-state index contributed by atoms with van der Waals surface area (Å²) in [5, 5.41) is 0. The molecule has 0 spiro atoms. The lowest BCUT2D eigenvalue weighted by Crippen LogP contribution is -2.49. The maximum absolute atomic E-state index is 13.5. The van der Waals surface area contributed by atoms with E-state index in [4.69, 9.17) is 13.9 Å². The summed E-state index contributed by atoms with van der Waals surface area (Å²) in [7, 11) is 0.405. The van der Waals surface area contributed by atoms with E-state index in [2.05, 4.69) is 60.6 Å². The normalized spacial score (nSPS) is 23.6. The van der Waals surface area contributed by atoms with Crippen LogP contribution in [0.4, 0.5) is 0 Å². The Bertz CT molecular complexity index is 954. The first-order valence-electron chi connectivity index (χ1n) is 12.8. The van der Waals surface area contributed by atoms with Gasteiger partial charge in [0.2, 0.25) is 0 Å². The minimum atomic E-state index is -2.28. The number of methoxy groups -OCH3 is 2. The van der Waals surface area contributed by atoms with E-state index < -0.39 is 31.6 Å². The molecule has 1 aromatic rings. The molecule has 3 atom stereocenters. The predicted octanol–water partition coefficient (Wildman–Crippen LogP) is 6.77. The second kappa shape index (κ2) is 10.3. The molecular formula is C29H42O5Si. The van der Waals surface area contributed by atoms with E-state index >= 15 is 0 Å². The monoisotopic (exact) mass is 498 g/mol. The number of hydrogen-bond donors (Lipinski definition) is 0. The molecule has 1 fully saturated rings. The van der Waals surface area contributed by atoms with Gasteiger partial charge in [0.1, 0.15) is 0 Å². The van der Waals surface area contributed by atoms with Crippen LogP contribution in [-0.2, 0) is 23.5 Å². The van der Waals surface area contributed by atoms with Crippen molar-refractivity contribution in [3.8, 4) is 0 Å². The van der Waals surface area contributed by atoms with E-state index in [1.54, 1.807) is 0 Å². The van der Waals surface area contributed by atoms with Crippen LogP contribution in [-0.4, -0.2) is 34.5 Å². The molecule has 0 N–H and O–H groups in total. The number of benzene rings is 1. The molecule has 0 amide bonds. The van der Waals surface area contributed by atoms with Gasteiger partial charge in [-0.05, 0) is 40.6 Å². The molecule has 0 aromatic heterocycles. The zero-order valence-electron chi connectivity index (χ0n) is 22.8. The van der Waals surface area contributed by atoms with Crippen molar-refractivity contribution in [3.63, 3.8) is 0 Å². The second-order valence-corrected chi connectivity index (χ2v) is 16.5. The van der Waals surface area contributed by atoms with Crippen molar-refractivity contribution < 1.29 is 23.5 Å². The van der Waals surface area contributed by atoms with Gasteiger partial charge in [-0.3, -0.25) is 9.59 Å². The lowest BCUT2D eigenvalue weighted by molar-refractivity contribution is -0.170. The van der Waals surface area contributed by atoms with Crippen LogP contribution in [0.1, 0.15) is 66.4 Å². The summed E-state index contributed by atoms with van der Waals surface area (Å²) < 4.78 is 17.8. The van der Waals surface area contributed by atoms with Crippen molar-refractivity contribution in [3.05, 3.63) is 59.4 Å². The third-order valence-electron chi connectivity index (χ3n) is 8.22. The van der Waals surface area contributed by atoms with Gasteiger partial charge < -0.3 is 13.9 Å². The van der Waals surface area contributed by atoms with Gasteiger partial charge in [-0.15, -0.1) is 0 Å². The zero-order chi connectivity index (χ0) is 26.1. The van der Waals surface area contributed by atoms with E-state index in [-0.39, 0.29) is 18.3 Å². The highest BCUT2D eigenvalue weighted by Crippen LogP contribution is 2.61. The molecule has 6 heteroatoms. The third kappa shape index (κ3) is 4.39. The molecule has 0 radical (unpaired) electrons. The Hall–Kier alpha value is -2.34. The molecule has 35 heavy (non-hydrogen) atoms. The third-order valence-corrected chi connectivity index (χ3v) is 14.2. The van der Waals surface area contributed by atoms with E-state index in [1.807, 2.05) is 30.3 Å². The number of carbonyl (C=O) groups excluding carboxylic acids is 2. The molecule has 0 saturated heterocycles. The predicted molar refractivity (Wildman–Crippen MR) is 141 cm³/mol. The van der Waals surface area contributed by atoms with Crippen LogP contribution in [0, 0.1) is 17.3 Å². The van der Waals surface area contributed by atoms with Gasteiger partial charge in [0.15, 0.2) is 5.41 Å². The molecule has 192 valence electrons. The number of rotatable bonds is 8. The highest BCUT2D eigenvalue weighted by atomic mass is 28.4. The van der Waals surface area contributed by atoms with Crippen LogP contribution in [0.15, 0.2) is 53.8 Å². The first kappa shape index (κ1) is 27.2. The Labute approximate surface area is 212 Å². The fourth-order valence-corrected chi connectivity index (χ4v) is 12.2. The quantitative estimate of drug-likeness (QED) is 0.171. The molecule has 0 heterocycles. The van der Waals surface area contributed by atoms with Crippen LogP contribution in [0.3, 0.4) is 0 Å². The lowest BCUT2D eigenvalue weighted by Gasteiger charge is -2.45. The van der Waals surface area contributed by atoms with Gasteiger partial charge in [-0.2, -0.15) is 0 Å².